The zero-order valence-electron chi connectivity index (χ0n) is 13.6. The van der Waals surface area contributed by atoms with Crippen molar-refractivity contribution in [3.63, 3.8) is 0 Å². The van der Waals surface area contributed by atoms with Crippen molar-refractivity contribution in [2.75, 3.05) is 0 Å². The van der Waals surface area contributed by atoms with Crippen LogP contribution in [0.1, 0.15) is 23.4 Å². The fraction of sp³-hybridized carbons (Fsp3) is 0.235. The quantitative estimate of drug-likeness (QED) is 0.532. The van der Waals surface area contributed by atoms with E-state index >= 15 is 0 Å². The van der Waals surface area contributed by atoms with Crippen molar-refractivity contribution in [2.24, 2.45) is 0 Å². The van der Waals surface area contributed by atoms with Crippen molar-refractivity contribution in [3.05, 3.63) is 58.1 Å². The number of nitrogens with zero attached hydrogens (tertiary/aromatic N) is 3. The van der Waals surface area contributed by atoms with Gasteiger partial charge in [0.1, 0.15) is 5.82 Å². The molecule has 7 heteroatoms. The maximum absolute atomic E-state index is 10.7. The SMILES string of the molecule is Cc1ccc(Cn2c(Br)nnc2CCC(=O)[O-])c2ccccc12.[Na+]. The molecule has 0 bridgehead atoms. The Labute approximate surface area is 170 Å². The molecule has 5 nitrogen and oxygen atoms in total. The van der Waals surface area contributed by atoms with Crippen LogP contribution in [0, 0.1) is 6.92 Å². The molecule has 0 N–H and O–H groups in total. The van der Waals surface area contributed by atoms with Crippen LogP contribution < -0.4 is 34.7 Å². The van der Waals surface area contributed by atoms with E-state index in [0.29, 0.717) is 23.5 Å². The summed E-state index contributed by atoms with van der Waals surface area (Å²) in [5.74, 6) is -0.456. The molecule has 0 amide bonds. The average molecular weight is 396 g/mol. The second-order valence-corrected chi connectivity index (χ2v) is 6.14. The number of aliphatic carboxylic acids is 1. The van der Waals surface area contributed by atoms with Gasteiger partial charge in [-0.15, -0.1) is 10.2 Å². The molecule has 1 heterocycles. The van der Waals surface area contributed by atoms with Crippen LogP contribution in [0.25, 0.3) is 10.8 Å². The summed E-state index contributed by atoms with van der Waals surface area (Å²) < 4.78 is 2.48. The van der Waals surface area contributed by atoms with Gasteiger partial charge in [-0.1, -0.05) is 36.4 Å². The predicted molar refractivity (Wildman–Crippen MR) is 88.8 cm³/mol. The monoisotopic (exact) mass is 395 g/mol. The van der Waals surface area contributed by atoms with Gasteiger partial charge >= 0.3 is 29.6 Å². The Morgan fingerprint density at radius 1 is 1.17 bits per heavy atom. The van der Waals surface area contributed by atoms with Crippen molar-refractivity contribution in [1.82, 2.24) is 14.8 Å². The van der Waals surface area contributed by atoms with Crippen LogP contribution in [-0.2, 0) is 17.8 Å². The second kappa shape index (κ2) is 8.25. The van der Waals surface area contributed by atoms with E-state index in [-0.39, 0.29) is 36.0 Å². The molecule has 118 valence electrons. The van der Waals surface area contributed by atoms with E-state index in [4.69, 9.17) is 0 Å². The summed E-state index contributed by atoms with van der Waals surface area (Å²) in [6.07, 6.45) is 0.227. The van der Waals surface area contributed by atoms with Gasteiger partial charge in [0, 0.05) is 12.4 Å². The molecule has 0 aliphatic heterocycles. The van der Waals surface area contributed by atoms with Crippen LogP contribution >= 0.6 is 15.9 Å². The summed E-state index contributed by atoms with van der Waals surface area (Å²) in [5, 5.41) is 21.1. The van der Waals surface area contributed by atoms with E-state index in [1.165, 1.54) is 16.3 Å². The first-order valence-corrected chi connectivity index (χ1v) is 8.10. The first-order valence-electron chi connectivity index (χ1n) is 7.31. The molecule has 0 atom stereocenters. The number of carbonyl (C=O) groups excluding carboxylic acids is 1. The Kier molecular flexibility index (Phi) is 6.57. The first kappa shape index (κ1) is 19.1. The van der Waals surface area contributed by atoms with Crippen LogP contribution in [0.5, 0.6) is 0 Å². The number of fused-ring (bicyclic) bond motifs is 1. The maximum Gasteiger partial charge on any atom is 1.00 e. The number of halogens is 1. The third-order valence-electron chi connectivity index (χ3n) is 3.90. The number of aromatic nitrogens is 3. The van der Waals surface area contributed by atoms with Crippen molar-refractivity contribution >= 4 is 32.7 Å². The first-order chi connectivity index (χ1) is 11.1. The van der Waals surface area contributed by atoms with Crippen molar-refractivity contribution in [1.29, 1.82) is 0 Å². The van der Waals surface area contributed by atoms with Crippen LogP contribution in [0.15, 0.2) is 41.1 Å². The van der Waals surface area contributed by atoms with Gasteiger partial charge in [-0.2, -0.15) is 0 Å². The van der Waals surface area contributed by atoms with E-state index in [2.05, 4.69) is 57.3 Å². The van der Waals surface area contributed by atoms with Crippen LogP contribution in [0.2, 0.25) is 0 Å². The number of benzene rings is 2. The van der Waals surface area contributed by atoms with E-state index in [0.717, 1.165) is 5.56 Å². The third-order valence-corrected chi connectivity index (χ3v) is 4.48. The number of hydrogen-bond acceptors (Lipinski definition) is 4. The molecular weight excluding hydrogens is 381 g/mol. The van der Waals surface area contributed by atoms with Gasteiger partial charge in [0.2, 0.25) is 0 Å². The van der Waals surface area contributed by atoms with Crippen molar-refractivity contribution in [2.45, 2.75) is 26.3 Å². The Hall–Kier alpha value is -1.21. The standard InChI is InChI=1S/C17H16BrN3O2.Na/c1-11-6-7-12(14-5-3-2-4-13(11)14)10-21-15(8-9-16(22)23)19-20-17(21)18;/h2-7H,8-10H2,1H3,(H,22,23);/q;+1/p-1. The van der Waals surface area contributed by atoms with Gasteiger partial charge in [0.15, 0.2) is 4.73 Å². The topological polar surface area (TPSA) is 70.8 Å². The van der Waals surface area contributed by atoms with E-state index < -0.39 is 5.97 Å². The molecule has 1 aromatic heterocycles. The summed E-state index contributed by atoms with van der Waals surface area (Å²) in [6, 6.07) is 12.4. The molecule has 0 saturated heterocycles. The summed E-state index contributed by atoms with van der Waals surface area (Å²) in [5.41, 5.74) is 2.37. The summed E-state index contributed by atoms with van der Waals surface area (Å²) in [6.45, 7) is 2.67. The van der Waals surface area contributed by atoms with Crippen LogP contribution in [0.3, 0.4) is 0 Å². The summed E-state index contributed by atoms with van der Waals surface area (Å²) in [4.78, 5) is 10.7. The zero-order valence-corrected chi connectivity index (χ0v) is 17.2. The molecule has 3 aromatic rings. The molecule has 0 radical (unpaired) electrons. The van der Waals surface area contributed by atoms with E-state index in [1.807, 2.05) is 16.7 Å². The molecule has 24 heavy (non-hydrogen) atoms. The molecule has 3 rings (SSSR count). The van der Waals surface area contributed by atoms with Crippen LogP contribution in [-0.4, -0.2) is 20.7 Å². The predicted octanol–water partition coefficient (Wildman–Crippen LogP) is -0.763. The number of carboxylic acid groups (broad SMARTS) is 1. The number of aryl methyl sites for hydroxylation is 2. The van der Waals surface area contributed by atoms with Crippen LogP contribution in [0.4, 0.5) is 0 Å². The summed E-state index contributed by atoms with van der Waals surface area (Å²) in [7, 11) is 0. The molecule has 2 aromatic carbocycles. The second-order valence-electron chi connectivity index (χ2n) is 5.43. The molecular formula is C17H15BrN3NaO2. The molecule has 0 spiro atoms. The molecule has 0 saturated carbocycles. The van der Waals surface area contributed by atoms with Gasteiger partial charge < -0.3 is 14.5 Å². The Morgan fingerprint density at radius 3 is 2.58 bits per heavy atom. The van der Waals surface area contributed by atoms with Gasteiger partial charge in [0.05, 0.1) is 6.54 Å². The van der Waals surface area contributed by atoms with E-state index in [1.54, 1.807) is 0 Å². The number of carboxylic acids is 1. The Balaban J connectivity index is 0.00000208. The fourth-order valence-corrected chi connectivity index (χ4v) is 3.10. The number of hydrogen-bond donors (Lipinski definition) is 0. The Bertz CT molecular complexity index is 879. The average Bonchev–Trinajstić information content (AvgIpc) is 2.89. The molecule has 0 aliphatic rings. The number of carbonyl (C=O) groups is 1. The van der Waals surface area contributed by atoms with Gasteiger partial charge in [-0.3, -0.25) is 0 Å². The third kappa shape index (κ3) is 4.06. The largest absolute Gasteiger partial charge is 1.00 e. The fourth-order valence-electron chi connectivity index (χ4n) is 2.69. The smallest absolute Gasteiger partial charge is 0.550 e. The maximum atomic E-state index is 10.7. The minimum Gasteiger partial charge on any atom is -0.550 e. The van der Waals surface area contributed by atoms with Gasteiger partial charge in [0.25, 0.3) is 0 Å². The minimum absolute atomic E-state index is 0. The van der Waals surface area contributed by atoms with E-state index in [9.17, 15) is 9.90 Å². The van der Waals surface area contributed by atoms with Crippen molar-refractivity contribution < 1.29 is 39.5 Å². The zero-order chi connectivity index (χ0) is 16.4. The molecule has 0 unspecified atom stereocenters. The number of rotatable bonds is 5. The molecule has 0 fully saturated rings. The minimum atomic E-state index is -1.09. The Morgan fingerprint density at radius 2 is 1.88 bits per heavy atom. The van der Waals surface area contributed by atoms with Crippen molar-refractivity contribution in [3.8, 4) is 0 Å². The molecule has 0 aliphatic carbocycles. The summed E-state index contributed by atoms with van der Waals surface area (Å²) >= 11 is 3.39. The normalized spacial score (nSPS) is 10.6. The van der Waals surface area contributed by atoms with Gasteiger partial charge in [-0.05, 0) is 51.2 Å². The van der Waals surface area contributed by atoms with Gasteiger partial charge in [-0.25, -0.2) is 0 Å².